The summed E-state index contributed by atoms with van der Waals surface area (Å²) in [6.45, 7) is 3.27. The highest BCUT2D eigenvalue weighted by Gasteiger charge is 2.19. The zero-order chi connectivity index (χ0) is 18.5. The average Bonchev–Trinajstić information content (AvgIpc) is 3.23. The molecule has 1 amide bonds. The molecule has 0 unspecified atom stereocenters. The number of nitrogens with one attached hydrogen (secondary N) is 2. The summed E-state index contributed by atoms with van der Waals surface area (Å²) in [6.07, 6.45) is 6.26. The molecule has 0 spiro atoms. The minimum atomic E-state index is -0.0813. The van der Waals surface area contributed by atoms with E-state index in [0.717, 1.165) is 56.2 Å². The second kappa shape index (κ2) is 8.39. The van der Waals surface area contributed by atoms with E-state index in [2.05, 4.69) is 32.7 Å². The Kier molecular flexibility index (Phi) is 5.53. The van der Waals surface area contributed by atoms with Gasteiger partial charge in [-0.3, -0.25) is 4.79 Å². The first-order chi connectivity index (χ1) is 13.3. The fraction of sp³-hybridized carbons (Fsp3) is 0.429. The van der Waals surface area contributed by atoms with Crippen LogP contribution in [0.3, 0.4) is 0 Å². The predicted octanol–water partition coefficient (Wildman–Crippen LogP) is 3.33. The highest BCUT2D eigenvalue weighted by atomic mass is 16.5. The van der Waals surface area contributed by atoms with Crippen LogP contribution in [0, 0.1) is 0 Å². The molecule has 27 heavy (non-hydrogen) atoms. The second-order valence-corrected chi connectivity index (χ2v) is 7.13. The molecule has 2 fully saturated rings. The van der Waals surface area contributed by atoms with Gasteiger partial charge in [0.1, 0.15) is 5.69 Å². The van der Waals surface area contributed by atoms with Crippen molar-refractivity contribution in [3.05, 3.63) is 48.3 Å². The van der Waals surface area contributed by atoms with Crippen LogP contribution in [-0.4, -0.2) is 43.2 Å². The van der Waals surface area contributed by atoms with Crippen molar-refractivity contribution in [2.24, 2.45) is 0 Å². The minimum Gasteiger partial charge on any atom is -0.378 e. The summed E-state index contributed by atoms with van der Waals surface area (Å²) in [5, 5.41) is 6.51. The molecule has 1 aliphatic heterocycles. The number of morpholine rings is 1. The molecule has 2 aliphatic rings. The lowest BCUT2D eigenvalue weighted by Crippen LogP contribution is -2.36. The summed E-state index contributed by atoms with van der Waals surface area (Å²) < 4.78 is 5.45. The SMILES string of the molecule is O=C(NC1CCCC1)c1ccc(Nc2ccccc2N2CCOCC2)cn1. The summed E-state index contributed by atoms with van der Waals surface area (Å²) >= 11 is 0. The van der Waals surface area contributed by atoms with Crippen molar-refractivity contribution in [3.8, 4) is 0 Å². The number of carbonyl (C=O) groups is 1. The normalized spacial score (nSPS) is 17.7. The Hall–Kier alpha value is -2.60. The number of amides is 1. The number of aromatic nitrogens is 1. The van der Waals surface area contributed by atoms with Crippen LogP contribution in [0.1, 0.15) is 36.2 Å². The summed E-state index contributed by atoms with van der Waals surface area (Å²) in [5.41, 5.74) is 3.52. The van der Waals surface area contributed by atoms with Crippen LogP contribution in [0.5, 0.6) is 0 Å². The van der Waals surface area contributed by atoms with Gasteiger partial charge < -0.3 is 20.3 Å². The third-order valence-electron chi connectivity index (χ3n) is 5.22. The van der Waals surface area contributed by atoms with E-state index in [4.69, 9.17) is 4.74 Å². The van der Waals surface area contributed by atoms with Gasteiger partial charge in [-0.15, -0.1) is 0 Å². The number of ether oxygens (including phenoxy) is 1. The van der Waals surface area contributed by atoms with E-state index in [9.17, 15) is 4.79 Å². The molecular weight excluding hydrogens is 340 g/mol. The molecule has 142 valence electrons. The number of para-hydroxylation sites is 2. The molecule has 1 saturated heterocycles. The van der Waals surface area contributed by atoms with Crippen molar-refractivity contribution in [1.29, 1.82) is 0 Å². The van der Waals surface area contributed by atoms with Gasteiger partial charge in [0.05, 0.1) is 36.5 Å². The monoisotopic (exact) mass is 366 g/mol. The van der Waals surface area contributed by atoms with Crippen LogP contribution in [0.4, 0.5) is 17.1 Å². The number of hydrogen-bond donors (Lipinski definition) is 2. The molecule has 1 aromatic carbocycles. The smallest absolute Gasteiger partial charge is 0.270 e. The molecule has 2 heterocycles. The molecule has 4 rings (SSSR count). The van der Waals surface area contributed by atoms with Crippen molar-refractivity contribution in [3.63, 3.8) is 0 Å². The quantitative estimate of drug-likeness (QED) is 0.850. The van der Waals surface area contributed by atoms with Crippen LogP contribution in [0.15, 0.2) is 42.6 Å². The first-order valence-electron chi connectivity index (χ1n) is 9.75. The van der Waals surface area contributed by atoms with Gasteiger partial charge in [0.2, 0.25) is 0 Å². The Morgan fingerprint density at radius 1 is 1.07 bits per heavy atom. The van der Waals surface area contributed by atoms with Crippen LogP contribution in [0.25, 0.3) is 0 Å². The number of rotatable bonds is 5. The largest absolute Gasteiger partial charge is 0.378 e. The lowest BCUT2D eigenvalue weighted by atomic mass is 10.2. The zero-order valence-corrected chi connectivity index (χ0v) is 15.5. The molecule has 0 bridgehead atoms. The lowest BCUT2D eigenvalue weighted by Gasteiger charge is -2.30. The molecule has 0 atom stereocenters. The van der Waals surface area contributed by atoms with Gasteiger partial charge in [-0.1, -0.05) is 25.0 Å². The Morgan fingerprint density at radius 3 is 2.59 bits per heavy atom. The van der Waals surface area contributed by atoms with E-state index in [1.165, 1.54) is 12.8 Å². The minimum absolute atomic E-state index is 0.0813. The lowest BCUT2D eigenvalue weighted by molar-refractivity contribution is 0.0933. The maximum Gasteiger partial charge on any atom is 0.270 e. The Labute approximate surface area is 159 Å². The maximum atomic E-state index is 12.3. The van der Waals surface area contributed by atoms with Crippen molar-refractivity contribution in [1.82, 2.24) is 10.3 Å². The van der Waals surface area contributed by atoms with E-state index < -0.39 is 0 Å². The zero-order valence-electron chi connectivity index (χ0n) is 15.5. The molecule has 1 aromatic heterocycles. The molecule has 0 radical (unpaired) electrons. The third-order valence-corrected chi connectivity index (χ3v) is 5.22. The van der Waals surface area contributed by atoms with Gasteiger partial charge in [-0.2, -0.15) is 0 Å². The van der Waals surface area contributed by atoms with Crippen molar-refractivity contribution in [2.45, 2.75) is 31.7 Å². The fourth-order valence-electron chi connectivity index (χ4n) is 3.75. The summed E-state index contributed by atoms with van der Waals surface area (Å²) in [6, 6.07) is 12.2. The molecule has 2 aromatic rings. The van der Waals surface area contributed by atoms with Gasteiger partial charge >= 0.3 is 0 Å². The maximum absolute atomic E-state index is 12.3. The van der Waals surface area contributed by atoms with Crippen LogP contribution < -0.4 is 15.5 Å². The number of pyridine rings is 1. The second-order valence-electron chi connectivity index (χ2n) is 7.13. The van der Waals surface area contributed by atoms with E-state index in [0.29, 0.717) is 11.7 Å². The Bertz CT molecular complexity index is 766. The molecule has 2 N–H and O–H groups in total. The van der Waals surface area contributed by atoms with Crippen LogP contribution >= 0.6 is 0 Å². The van der Waals surface area contributed by atoms with Crippen molar-refractivity contribution in [2.75, 3.05) is 36.5 Å². The first kappa shape index (κ1) is 17.8. The number of nitrogens with zero attached hydrogens (tertiary/aromatic N) is 2. The highest BCUT2D eigenvalue weighted by molar-refractivity contribution is 5.92. The van der Waals surface area contributed by atoms with Crippen molar-refractivity contribution >= 4 is 23.0 Å². The van der Waals surface area contributed by atoms with Crippen LogP contribution in [-0.2, 0) is 4.74 Å². The number of hydrogen-bond acceptors (Lipinski definition) is 5. The molecule has 1 saturated carbocycles. The summed E-state index contributed by atoms with van der Waals surface area (Å²) in [5.74, 6) is -0.0813. The van der Waals surface area contributed by atoms with Gasteiger partial charge in [0.15, 0.2) is 0 Å². The standard InChI is InChI=1S/C21H26N4O2/c26-21(24-16-5-1-2-6-16)19-10-9-17(15-22-19)23-18-7-3-4-8-20(18)25-11-13-27-14-12-25/h3-4,7-10,15-16,23H,1-2,5-6,11-14H2,(H,24,26). The Morgan fingerprint density at radius 2 is 1.85 bits per heavy atom. The highest BCUT2D eigenvalue weighted by Crippen LogP contribution is 2.29. The molecule has 1 aliphatic carbocycles. The van der Waals surface area contributed by atoms with Gasteiger partial charge in [-0.25, -0.2) is 4.98 Å². The number of carbonyl (C=O) groups excluding carboxylic acids is 1. The van der Waals surface area contributed by atoms with Gasteiger partial charge in [0, 0.05) is 19.1 Å². The van der Waals surface area contributed by atoms with E-state index in [-0.39, 0.29) is 5.91 Å². The molecule has 6 heteroatoms. The van der Waals surface area contributed by atoms with Crippen molar-refractivity contribution < 1.29 is 9.53 Å². The average molecular weight is 366 g/mol. The topological polar surface area (TPSA) is 66.5 Å². The van der Waals surface area contributed by atoms with E-state index in [1.54, 1.807) is 12.3 Å². The van der Waals surface area contributed by atoms with E-state index in [1.807, 2.05) is 18.2 Å². The number of benzene rings is 1. The molecule has 6 nitrogen and oxygen atoms in total. The van der Waals surface area contributed by atoms with Gasteiger partial charge in [-0.05, 0) is 37.1 Å². The fourth-order valence-corrected chi connectivity index (χ4v) is 3.75. The Balaban J connectivity index is 1.43. The summed E-state index contributed by atoms with van der Waals surface area (Å²) in [4.78, 5) is 19.0. The first-order valence-corrected chi connectivity index (χ1v) is 9.75. The van der Waals surface area contributed by atoms with Gasteiger partial charge in [0.25, 0.3) is 5.91 Å². The third kappa shape index (κ3) is 4.39. The van der Waals surface area contributed by atoms with Crippen LogP contribution in [0.2, 0.25) is 0 Å². The number of anilines is 3. The van der Waals surface area contributed by atoms with E-state index >= 15 is 0 Å². The summed E-state index contributed by atoms with van der Waals surface area (Å²) in [7, 11) is 0. The molecular formula is C21H26N4O2. The predicted molar refractivity (Wildman–Crippen MR) is 107 cm³/mol.